The maximum Gasteiger partial charge on any atom is 0.361 e. The second kappa shape index (κ2) is 17.2. The Morgan fingerprint density at radius 3 is 1.31 bits per heavy atom. The number of unbranched alkanes of at least 4 members (excludes halogenated alkanes) is 10. The van der Waals surface area contributed by atoms with E-state index in [4.69, 9.17) is 23.1 Å². The van der Waals surface area contributed by atoms with Crippen molar-refractivity contribution in [3.8, 4) is 22.6 Å². The molecule has 0 saturated carbocycles. The van der Waals surface area contributed by atoms with Gasteiger partial charge < -0.3 is 0 Å². The molecule has 0 atom stereocenters. The Balaban J connectivity index is 0.000000830. The number of hydrogen-bond donors (Lipinski definition) is 0. The van der Waals surface area contributed by atoms with Crippen molar-refractivity contribution < 1.29 is 33.3 Å². The predicted molar refractivity (Wildman–Crippen MR) is 134 cm³/mol. The van der Waals surface area contributed by atoms with Crippen molar-refractivity contribution in [1.29, 1.82) is 0 Å². The zero-order valence-corrected chi connectivity index (χ0v) is 22.1. The van der Waals surface area contributed by atoms with Crippen LogP contribution in [-0.4, -0.2) is 0 Å². The van der Waals surface area contributed by atoms with Gasteiger partial charge >= 0.3 is 11.5 Å². The number of aryl methyl sites for hydroxylation is 1. The molecule has 0 unspecified atom stereocenters. The van der Waals surface area contributed by atoms with Gasteiger partial charge in [0.05, 0.1) is 11.1 Å². The Morgan fingerprint density at radius 1 is 0.556 bits per heavy atom. The van der Waals surface area contributed by atoms with Gasteiger partial charge in [0.15, 0.2) is 0 Å². The van der Waals surface area contributed by atoms with Crippen molar-refractivity contribution in [1.82, 2.24) is 0 Å². The molecule has 2 aromatic carbocycles. The number of hydrogen-bond acceptors (Lipinski definition) is 4. The highest BCUT2D eigenvalue weighted by molar-refractivity contribution is 5.64. The molecule has 0 amide bonds. The van der Waals surface area contributed by atoms with Crippen LogP contribution in [0.15, 0.2) is 77.2 Å². The summed E-state index contributed by atoms with van der Waals surface area (Å²) in [7, 11) is -4.94. The Morgan fingerprint density at radius 2 is 0.917 bits per heavy atom. The first kappa shape index (κ1) is 29.9. The number of rotatable bonds is 14. The lowest BCUT2D eigenvalue weighted by Gasteiger charge is -2.17. The topological polar surface area (TPSA) is 104 Å². The van der Waals surface area contributed by atoms with Gasteiger partial charge in [-0.1, -0.05) is 108 Å². The van der Waals surface area contributed by atoms with Crippen LogP contribution < -0.4 is 18.6 Å². The van der Waals surface area contributed by atoms with E-state index in [-0.39, 0.29) is 0 Å². The third-order valence-electron chi connectivity index (χ3n) is 6.04. The van der Waals surface area contributed by atoms with Gasteiger partial charge in [-0.05, 0) is 42.7 Å². The Hall–Kier alpha value is -2.28. The Bertz CT molecular complexity index is 894. The number of benzene rings is 2. The summed E-state index contributed by atoms with van der Waals surface area (Å²) >= 11 is 0. The van der Waals surface area contributed by atoms with Gasteiger partial charge in [0, 0.05) is 12.1 Å². The van der Waals surface area contributed by atoms with E-state index in [1.807, 2.05) is 0 Å². The largest absolute Gasteiger partial charge is 0.361 e. The molecule has 5 nitrogen and oxygen atoms in total. The van der Waals surface area contributed by atoms with Crippen LogP contribution in [0.2, 0.25) is 0 Å². The minimum Gasteiger partial charge on any atom is -0.222 e. The molecule has 0 aliphatic heterocycles. The van der Waals surface area contributed by atoms with Crippen molar-refractivity contribution in [2.24, 2.45) is 0 Å². The van der Waals surface area contributed by atoms with Gasteiger partial charge in [-0.2, -0.15) is 0 Å². The molecular formula is C30H39ClO5. The van der Waals surface area contributed by atoms with Crippen LogP contribution >= 0.6 is 0 Å². The quantitative estimate of drug-likeness (QED) is 0.222. The van der Waals surface area contributed by atoms with Crippen LogP contribution in [0, 0.1) is 10.2 Å². The molecular weight excluding hydrogens is 476 g/mol. The van der Waals surface area contributed by atoms with Crippen LogP contribution in [0.3, 0.4) is 0 Å². The first-order valence-electron chi connectivity index (χ1n) is 13.1. The van der Waals surface area contributed by atoms with E-state index in [9.17, 15) is 0 Å². The van der Waals surface area contributed by atoms with E-state index in [0.29, 0.717) is 0 Å². The number of halogens is 1. The van der Waals surface area contributed by atoms with Gasteiger partial charge in [-0.3, -0.25) is 0 Å². The molecule has 3 rings (SSSR count). The monoisotopic (exact) mass is 514 g/mol. The van der Waals surface area contributed by atoms with E-state index in [1.54, 1.807) is 0 Å². The van der Waals surface area contributed by atoms with Crippen LogP contribution in [0.5, 0.6) is 0 Å². The molecule has 1 heterocycles. The summed E-state index contributed by atoms with van der Waals surface area (Å²) in [5, 5.41) is 0. The Labute approximate surface area is 218 Å². The van der Waals surface area contributed by atoms with Gasteiger partial charge in [-0.15, -0.1) is 10.2 Å². The summed E-state index contributed by atoms with van der Waals surface area (Å²) in [5.41, 5.74) is 3.65. The first-order chi connectivity index (χ1) is 17.4. The fourth-order valence-electron chi connectivity index (χ4n) is 4.18. The SMILES string of the molecule is CCCCCCCCCCCCCc1cc(-c2ccccc2)[o+]c(-c2ccccc2)c1.[O-][Cl+3]([O-])([O-])[O-]. The molecule has 0 spiro atoms. The second-order valence-electron chi connectivity index (χ2n) is 9.09. The summed E-state index contributed by atoms with van der Waals surface area (Å²) in [5.74, 6) is 1.92. The van der Waals surface area contributed by atoms with Crippen LogP contribution in [0.4, 0.5) is 0 Å². The van der Waals surface area contributed by atoms with Crippen LogP contribution in [0.1, 0.15) is 83.1 Å². The molecule has 6 heteroatoms. The summed E-state index contributed by atoms with van der Waals surface area (Å²) in [6.45, 7) is 2.29. The molecule has 0 aliphatic rings. The zero-order valence-electron chi connectivity index (χ0n) is 21.3. The molecule has 3 aromatic rings. The maximum absolute atomic E-state index is 8.49. The lowest BCUT2D eigenvalue weighted by molar-refractivity contribution is -2.00. The summed E-state index contributed by atoms with van der Waals surface area (Å²) in [4.78, 5) is 0. The van der Waals surface area contributed by atoms with Gasteiger partial charge in [0.1, 0.15) is 0 Å². The minimum atomic E-state index is -4.94. The van der Waals surface area contributed by atoms with Crippen molar-refractivity contribution in [3.63, 3.8) is 0 Å². The van der Waals surface area contributed by atoms with E-state index in [1.165, 1.54) is 76.2 Å². The smallest absolute Gasteiger partial charge is 0.222 e. The van der Waals surface area contributed by atoms with Crippen molar-refractivity contribution in [3.05, 3.63) is 78.4 Å². The van der Waals surface area contributed by atoms with Crippen molar-refractivity contribution >= 4 is 0 Å². The normalized spacial score (nSPS) is 11.1. The van der Waals surface area contributed by atoms with E-state index in [2.05, 4.69) is 79.7 Å². The molecule has 0 fully saturated rings. The fourth-order valence-corrected chi connectivity index (χ4v) is 4.18. The van der Waals surface area contributed by atoms with E-state index in [0.717, 1.165) is 29.1 Å². The Kier molecular flexibility index (Phi) is 14.3. The minimum absolute atomic E-state index is 0.958. The molecule has 0 bridgehead atoms. The van der Waals surface area contributed by atoms with Crippen LogP contribution in [0.25, 0.3) is 22.6 Å². The molecule has 0 radical (unpaired) electrons. The predicted octanol–water partition coefficient (Wildman–Crippen LogP) is 4.99. The fraction of sp³-hybridized carbons (Fsp3) is 0.433. The highest BCUT2D eigenvalue weighted by atomic mass is 35.7. The van der Waals surface area contributed by atoms with Gasteiger partial charge in [-0.25, -0.2) is 23.1 Å². The zero-order chi connectivity index (χ0) is 26.1. The molecule has 1 aromatic heterocycles. The molecule has 0 saturated heterocycles. The molecule has 0 aliphatic carbocycles. The molecule has 0 N–H and O–H groups in total. The van der Waals surface area contributed by atoms with Crippen LogP contribution in [-0.2, 0) is 6.42 Å². The van der Waals surface area contributed by atoms with Crippen molar-refractivity contribution in [2.75, 3.05) is 0 Å². The van der Waals surface area contributed by atoms with Crippen molar-refractivity contribution in [2.45, 2.75) is 84.0 Å². The standard InChI is InChI=1S/C30H39O.ClHO4/c1-2-3-4-5-6-7-8-9-10-11-14-19-26-24-29(27-20-15-12-16-21-27)31-30(25-26)28-22-17-13-18-23-28;2-1(3,4)5/h12-13,15-18,20-25H,2-11,14,19H2,1H3;(H,2,3,4,5)/q+1;/p-1. The third-order valence-corrected chi connectivity index (χ3v) is 6.04. The average molecular weight is 515 g/mol. The maximum atomic E-state index is 8.49. The summed E-state index contributed by atoms with van der Waals surface area (Å²) < 4.78 is 40.3. The third kappa shape index (κ3) is 13.7. The van der Waals surface area contributed by atoms with Gasteiger partial charge in [0.2, 0.25) is 0 Å². The highest BCUT2D eigenvalue weighted by Gasteiger charge is 2.19. The molecule has 36 heavy (non-hydrogen) atoms. The average Bonchev–Trinajstić information content (AvgIpc) is 2.87. The highest BCUT2D eigenvalue weighted by Crippen LogP contribution is 2.29. The van der Waals surface area contributed by atoms with E-state index >= 15 is 0 Å². The lowest BCUT2D eigenvalue weighted by Crippen LogP contribution is -2.68. The van der Waals surface area contributed by atoms with E-state index < -0.39 is 10.2 Å². The van der Waals surface area contributed by atoms with Gasteiger partial charge in [0.25, 0.3) is 0 Å². The molecule has 196 valence electrons. The second-order valence-corrected chi connectivity index (χ2v) is 9.85. The summed E-state index contributed by atoms with van der Waals surface area (Å²) in [6, 6.07) is 25.4. The first-order valence-corrected chi connectivity index (χ1v) is 14.3. The lowest BCUT2D eigenvalue weighted by atomic mass is 10.0. The summed E-state index contributed by atoms with van der Waals surface area (Å²) in [6.07, 6.45) is 16.3.